The lowest BCUT2D eigenvalue weighted by Gasteiger charge is -2.39. The summed E-state index contributed by atoms with van der Waals surface area (Å²) in [6.07, 6.45) is 5.50. The molecule has 2 fully saturated rings. The molecule has 0 spiro atoms. The fourth-order valence-corrected chi connectivity index (χ4v) is 3.29. The molecular formula is C14H29N3. The van der Waals surface area contributed by atoms with Gasteiger partial charge in [0.15, 0.2) is 0 Å². The molecule has 0 aromatic heterocycles. The minimum Gasteiger partial charge on any atom is -0.317 e. The Bertz CT molecular complexity index is 206. The summed E-state index contributed by atoms with van der Waals surface area (Å²) in [7, 11) is 2.25. The van der Waals surface area contributed by atoms with E-state index < -0.39 is 0 Å². The molecule has 0 aromatic carbocycles. The molecule has 0 amide bonds. The summed E-state index contributed by atoms with van der Waals surface area (Å²) in [5, 5.41) is 3.47. The van der Waals surface area contributed by atoms with Crippen molar-refractivity contribution in [3.05, 3.63) is 0 Å². The number of hydrogen-bond acceptors (Lipinski definition) is 3. The van der Waals surface area contributed by atoms with Gasteiger partial charge >= 0.3 is 0 Å². The molecule has 0 saturated carbocycles. The Balaban J connectivity index is 1.78. The summed E-state index contributed by atoms with van der Waals surface area (Å²) in [4.78, 5) is 5.22. The van der Waals surface area contributed by atoms with E-state index in [-0.39, 0.29) is 0 Å². The molecule has 100 valence electrons. The first kappa shape index (κ1) is 13.3. The van der Waals surface area contributed by atoms with Crippen molar-refractivity contribution in [1.82, 2.24) is 15.1 Å². The Labute approximate surface area is 107 Å². The second-order valence-corrected chi connectivity index (χ2v) is 5.82. The van der Waals surface area contributed by atoms with Crippen molar-refractivity contribution in [2.24, 2.45) is 5.92 Å². The minimum absolute atomic E-state index is 0.853. The summed E-state index contributed by atoms with van der Waals surface area (Å²) in [6, 6.07) is 0.853. The molecule has 2 aliphatic heterocycles. The topological polar surface area (TPSA) is 18.5 Å². The van der Waals surface area contributed by atoms with Gasteiger partial charge in [-0.15, -0.1) is 0 Å². The van der Waals surface area contributed by atoms with Crippen molar-refractivity contribution in [3.63, 3.8) is 0 Å². The summed E-state index contributed by atoms with van der Waals surface area (Å²) in [5.41, 5.74) is 0. The monoisotopic (exact) mass is 239 g/mol. The maximum Gasteiger partial charge on any atom is 0.0120 e. The molecule has 0 unspecified atom stereocenters. The molecular weight excluding hydrogens is 210 g/mol. The largest absolute Gasteiger partial charge is 0.317 e. The van der Waals surface area contributed by atoms with E-state index in [4.69, 9.17) is 0 Å². The zero-order valence-corrected chi connectivity index (χ0v) is 11.6. The van der Waals surface area contributed by atoms with E-state index in [9.17, 15) is 0 Å². The highest BCUT2D eigenvalue weighted by molar-refractivity contribution is 4.81. The van der Waals surface area contributed by atoms with Crippen LogP contribution in [0.4, 0.5) is 0 Å². The van der Waals surface area contributed by atoms with E-state index in [1.165, 1.54) is 65.0 Å². The third-order valence-corrected chi connectivity index (χ3v) is 4.56. The molecule has 3 nitrogen and oxygen atoms in total. The van der Waals surface area contributed by atoms with Crippen molar-refractivity contribution >= 4 is 0 Å². The van der Waals surface area contributed by atoms with Crippen molar-refractivity contribution in [3.8, 4) is 0 Å². The predicted octanol–water partition coefficient (Wildman–Crippen LogP) is 1.40. The van der Waals surface area contributed by atoms with Gasteiger partial charge in [-0.25, -0.2) is 0 Å². The number of nitrogens with zero attached hydrogens (tertiary/aromatic N) is 2. The highest BCUT2D eigenvalue weighted by Gasteiger charge is 2.24. The van der Waals surface area contributed by atoms with Crippen LogP contribution in [0.1, 0.15) is 32.6 Å². The molecule has 0 aromatic rings. The average molecular weight is 239 g/mol. The molecule has 2 aliphatic rings. The Morgan fingerprint density at radius 2 is 1.76 bits per heavy atom. The third kappa shape index (κ3) is 3.94. The zero-order chi connectivity index (χ0) is 12.1. The van der Waals surface area contributed by atoms with Crippen LogP contribution in [0.2, 0.25) is 0 Å². The van der Waals surface area contributed by atoms with Gasteiger partial charge < -0.3 is 15.1 Å². The highest BCUT2D eigenvalue weighted by Crippen LogP contribution is 2.20. The van der Waals surface area contributed by atoms with E-state index in [1.807, 2.05) is 0 Å². The van der Waals surface area contributed by atoms with Crippen molar-refractivity contribution in [2.45, 2.75) is 38.6 Å². The van der Waals surface area contributed by atoms with Gasteiger partial charge in [0, 0.05) is 12.6 Å². The van der Waals surface area contributed by atoms with Crippen LogP contribution in [-0.4, -0.2) is 62.2 Å². The van der Waals surface area contributed by atoms with Gasteiger partial charge in [0.05, 0.1) is 0 Å². The third-order valence-electron chi connectivity index (χ3n) is 4.56. The van der Waals surface area contributed by atoms with Crippen LogP contribution >= 0.6 is 0 Å². The van der Waals surface area contributed by atoms with Gasteiger partial charge in [-0.3, -0.25) is 0 Å². The molecule has 0 aliphatic carbocycles. The van der Waals surface area contributed by atoms with Crippen LogP contribution in [0.3, 0.4) is 0 Å². The lowest BCUT2D eigenvalue weighted by atomic mass is 9.95. The Hall–Kier alpha value is -0.120. The number of likely N-dealkylation sites (tertiary alicyclic amines) is 1. The molecule has 2 heterocycles. The summed E-state index contributed by atoms with van der Waals surface area (Å²) >= 11 is 0. The van der Waals surface area contributed by atoms with Gasteiger partial charge in [0.25, 0.3) is 0 Å². The maximum absolute atomic E-state index is 3.47. The van der Waals surface area contributed by atoms with Gasteiger partial charge in [0.2, 0.25) is 0 Å². The van der Waals surface area contributed by atoms with Crippen LogP contribution in [0.15, 0.2) is 0 Å². The van der Waals surface area contributed by atoms with Crippen molar-refractivity contribution in [2.75, 3.05) is 46.3 Å². The number of rotatable bonds is 4. The van der Waals surface area contributed by atoms with Gasteiger partial charge in [-0.2, -0.15) is 0 Å². The molecule has 0 radical (unpaired) electrons. The van der Waals surface area contributed by atoms with E-state index in [1.54, 1.807) is 0 Å². The summed E-state index contributed by atoms with van der Waals surface area (Å²) in [5.74, 6) is 0.941. The van der Waals surface area contributed by atoms with Crippen molar-refractivity contribution < 1.29 is 0 Å². The van der Waals surface area contributed by atoms with E-state index >= 15 is 0 Å². The highest BCUT2D eigenvalue weighted by atomic mass is 15.2. The fraction of sp³-hybridized carbons (Fsp3) is 1.00. The Morgan fingerprint density at radius 1 is 1.12 bits per heavy atom. The maximum atomic E-state index is 3.47. The lowest BCUT2D eigenvalue weighted by Crippen LogP contribution is -2.46. The van der Waals surface area contributed by atoms with Crippen LogP contribution < -0.4 is 5.32 Å². The van der Waals surface area contributed by atoms with Gasteiger partial charge in [-0.05, 0) is 71.4 Å². The molecule has 2 saturated heterocycles. The smallest absolute Gasteiger partial charge is 0.0120 e. The van der Waals surface area contributed by atoms with Crippen LogP contribution in [0.25, 0.3) is 0 Å². The van der Waals surface area contributed by atoms with E-state index in [0.29, 0.717) is 0 Å². The zero-order valence-electron chi connectivity index (χ0n) is 11.6. The van der Waals surface area contributed by atoms with E-state index in [2.05, 4.69) is 29.1 Å². The molecule has 0 bridgehead atoms. The van der Waals surface area contributed by atoms with Gasteiger partial charge in [-0.1, -0.05) is 6.92 Å². The fourth-order valence-electron chi connectivity index (χ4n) is 3.29. The Morgan fingerprint density at radius 3 is 2.35 bits per heavy atom. The van der Waals surface area contributed by atoms with Crippen LogP contribution in [0.5, 0.6) is 0 Å². The molecule has 3 heteroatoms. The first-order valence-electron chi connectivity index (χ1n) is 7.43. The van der Waals surface area contributed by atoms with E-state index in [0.717, 1.165) is 12.0 Å². The van der Waals surface area contributed by atoms with Gasteiger partial charge in [0.1, 0.15) is 0 Å². The number of hydrogen-bond donors (Lipinski definition) is 1. The lowest BCUT2D eigenvalue weighted by molar-refractivity contribution is 0.103. The summed E-state index contributed by atoms with van der Waals surface area (Å²) in [6.45, 7) is 9.94. The van der Waals surface area contributed by atoms with Crippen LogP contribution in [0, 0.1) is 5.92 Å². The second-order valence-electron chi connectivity index (χ2n) is 5.82. The molecule has 0 atom stereocenters. The number of piperidine rings is 2. The average Bonchev–Trinajstić information content (AvgIpc) is 2.38. The first-order valence-corrected chi connectivity index (χ1v) is 7.43. The Kier molecular flexibility index (Phi) is 5.26. The van der Waals surface area contributed by atoms with Crippen molar-refractivity contribution in [1.29, 1.82) is 0 Å². The quantitative estimate of drug-likeness (QED) is 0.800. The first-order chi connectivity index (χ1) is 8.29. The minimum atomic E-state index is 0.853. The molecule has 17 heavy (non-hydrogen) atoms. The number of nitrogens with one attached hydrogen (secondary N) is 1. The normalized spacial score (nSPS) is 25.6. The molecule has 2 rings (SSSR count). The molecule has 1 N–H and O–H groups in total. The SMILES string of the molecule is CCN(CC1CCNCC1)C1CCN(C)CC1. The summed E-state index contributed by atoms with van der Waals surface area (Å²) < 4.78 is 0. The van der Waals surface area contributed by atoms with Crippen LogP contribution in [-0.2, 0) is 0 Å². The predicted molar refractivity (Wildman–Crippen MR) is 73.4 cm³/mol. The second kappa shape index (κ2) is 6.72. The standard InChI is InChI=1S/C14H29N3/c1-3-17(12-13-4-8-15-9-5-13)14-6-10-16(2)11-7-14/h13-15H,3-12H2,1-2H3.